The summed E-state index contributed by atoms with van der Waals surface area (Å²) in [6.07, 6.45) is -1.78. The number of hydrogen-bond donors (Lipinski definition) is 9. The normalized spacial score (nSPS) is 16.3. The predicted octanol–water partition coefficient (Wildman–Crippen LogP) is 4.46. The van der Waals surface area contributed by atoms with Crippen molar-refractivity contribution in [3.63, 3.8) is 0 Å². The molecule has 28 heteroatoms. The minimum absolute atomic E-state index is 0.0189. The van der Waals surface area contributed by atoms with Crippen molar-refractivity contribution in [2.24, 2.45) is 0 Å². The molecule has 102 heavy (non-hydrogen) atoms. The molecule has 0 saturated heterocycles. The highest BCUT2D eigenvalue weighted by molar-refractivity contribution is 5.98. The first-order valence-electron chi connectivity index (χ1n) is 33.8. The number of carbonyl (C=O) groups is 11. The van der Waals surface area contributed by atoms with Crippen molar-refractivity contribution in [1.29, 1.82) is 0 Å². The first kappa shape index (κ1) is 73.8. The highest BCUT2D eigenvalue weighted by atomic mass is 19.1. The minimum atomic E-state index is -2.07. The molecular formula is C74H83FN10O17. The van der Waals surface area contributed by atoms with Gasteiger partial charge in [0, 0.05) is 47.9 Å². The maximum Gasteiger partial charge on any atom is 0.407 e. The number of cyclic esters (lactones) is 1. The average Bonchev–Trinajstić information content (AvgIpc) is 1.49. The third kappa shape index (κ3) is 17.1. The molecule has 9 N–H and O–H groups in total. The van der Waals surface area contributed by atoms with Crippen LogP contribution in [-0.2, 0) is 98.5 Å². The molecule has 2 aromatic heterocycles. The molecule has 0 spiro atoms. The molecular weight excluding hydrogens is 1320 g/mol. The third-order valence-electron chi connectivity index (χ3n) is 18.0. The Labute approximate surface area is 586 Å². The second-order valence-corrected chi connectivity index (χ2v) is 27.6. The molecule has 0 fully saturated rings. The van der Waals surface area contributed by atoms with E-state index in [1.54, 1.807) is 91.8 Å². The number of nitrogens with one attached hydrogen (secondary N) is 8. The van der Waals surface area contributed by atoms with Crippen LogP contribution in [0.2, 0.25) is 0 Å². The molecule has 27 nitrogen and oxygen atoms in total. The topological polar surface area (TPSA) is 376 Å². The Morgan fingerprint density at radius 1 is 0.696 bits per heavy atom. The van der Waals surface area contributed by atoms with E-state index in [9.17, 15) is 62.6 Å². The number of halogens is 1. The molecule has 4 aromatic carbocycles. The molecule has 4 heterocycles. The maximum absolute atomic E-state index is 15.5. The number of hydrogen-bond acceptors (Lipinski definition) is 18. The molecule has 2 aliphatic carbocycles. The van der Waals surface area contributed by atoms with Crippen LogP contribution in [0.15, 0.2) is 95.8 Å². The first-order valence-corrected chi connectivity index (χ1v) is 33.8. The molecule has 5 atom stereocenters. The molecule has 0 saturated carbocycles. The number of nitrogens with zero attached hydrogens (tertiary/aromatic N) is 2. The number of aliphatic hydroxyl groups is 1. The number of carbonyl (C=O) groups excluding carboxylic acids is 11. The van der Waals surface area contributed by atoms with Gasteiger partial charge in [-0.15, -0.1) is 0 Å². The summed E-state index contributed by atoms with van der Waals surface area (Å²) in [4.78, 5) is 167. The number of rotatable bonds is 26. The van der Waals surface area contributed by atoms with Gasteiger partial charge >= 0.3 is 24.0 Å². The fraction of sp³-hybridized carbons (Fsp3) is 0.419. The van der Waals surface area contributed by atoms with Crippen molar-refractivity contribution in [1.82, 2.24) is 52.1 Å². The third-order valence-corrected chi connectivity index (χ3v) is 18.0. The summed E-state index contributed by atoms with van der Waals surface area (Å²) in [5.41, 5.74) is 3.53. The van der Waals surface area contributed by atoms with Gasteiger partial charge in [-0.2, -0.15) is 0 Å². The smallest absolute Gasteiger partial charge is 0.407 e. The summed E-state index contributed by atoms with van der Waals surface area (Å²) >= 11 is 0. The van der Waals surface area contributed by atoms with E-state index in [1.165, 1.54) is 10.6 Å². The lowest BCUT2D eigenvalue weighted by molar-refractivity contribution is -0.172. The van der Waals surface area contributed by atoms with Crippen molar-refractivity contribution in [3.8, 4) is 22.5 Å². The summed E-state index contributed by atoms with van der Waals surface area (Å²) < 4.78 is 38.8. The van der Waals surface area contributed by atoms with Gasteiger partial charge in [0.2, 0.25) is 41.4 Å². The van der Waals surface area contributed by atoms with Crippen molar-refractivity contribution in [2.45, 2.75) is 167 Å². The lowest BCUT2D eigenvalue weighted by atomic mass is 9.81. The van der Waals surface area contributed by atoms with Crippen LogP contribution in [0.25, 0.3) is 33.4 Å². The van der Waals surface area contributed by atoms with E-state index in [0.717, 1.165) is 27.8 Å². The number of benzene rings is 4. The molecule has 2 aliphatic heterocycles. The summed E-state index contributed by atoms with van der Waals surface area (Å²) in [5.74, 6) is -9.23. The van der Waals surface area contributed by atoms with Gasteiger partial charge in [0.05, 0.1) is 67.5 Å². The Kier molecular flexibility index (Phi) is 22.4. The van der Waals surface area contributed by atoms with Gasteiger partial charge in [0.25, 0.3) is 5.56 Å². The van der Waals surface area contributed by atoms with Gasteiger partial charge in [-0.25, -0.2) is 19.0 Å². The van der Waals surface area contributed by atoms with Crippen LogP contribution in [0.5, 0.6) is 0 Å². The molecule has 6 aromatic rings. The number of esters is 3. The van der Waals surface area contributed by atoms with Crippen LogP contribution in [0.1, 0.15) is 149 Å². The second kappa shape index (κ2) is 30.9. The number of amides is 8. The number of aryl methyl sites for hydroxylation is 1. The van der Waals surface area contributed by atoms with Gasteiger partial charge in [0.15, 0.2) is 5.60 Å². The van der Waals surface area contributed by atoms with Crippen molar-refractivity contribution in [3.05, 3.63) is 157 Å². The van der Waals surface area contributed by atoms with Gasteiger partial charge < -0.3 is 71.2 Å². The van der Waals surface area contributed by atoms with Crippen molar-refractivity contribution < 1.29 is 81.2 Å². The molecule has 1 unspecified atom stereocenters. The summed E-state index contributed by atoms with van der Waals surface area (Å²) in [6.45, 7) is 10.4. The van der Waals surface area contributed by atoms with Crippen molar-refractivity contribution in [2.75, 3.05) is 32.8 Å². The predicted molar refractivity (Wildman–Crippen MR) is 367 cm³/mol. The zero-order valence-electron chi connectivity index (χ0n) is 57.9. The quantitative estimate of drug-likeness (QED) is 0.0205. The van der Waals surface area contributed by atoms with Crippen LogP contribution >= 0.6 is 0 Å². The van der Waals surface area contributed by atoms with E-state index in [-0.39, 0.29) is 74.9 Å². The first-order chi connectivity index (χ1) is 48.4. The Morgan fingerprint density at radius 3 is 1.91 bits per heavy atom. The van der Waals surface area contributed by atoms with E-state index in [4.69, 9.17) is 23.9 Å². The van der Waals surface area contributed by atoms with Crippen LogP contribution in [0.4, 0.5) is 9.18 Å². The Morgan fingerprint density at radius 2 is 1.28 bits per heavy atom. The molecule has 10 rings (SSSR count). The fourth-order valence-electron chi connectivity index (χ4n) is 13.2. The molecule has 0 bridgehead atoms. The van der Waals surface area contributed by atoms with Crippen LogP contribution < -0.4 is 48.1 Å². The lowest BCUT2D eigenvalue weighted by Crippen LogP contribution is -2.56. The van der Waals surface area contributed by atoms with Crippen molar-refractivity contribution >= 4 is 76.3 Å². The molecule has 0 radical (unpaired) electrons. The highest BCUT2D eigenvalue weighted by Gasteiger charge is 2.46. The summed E-state index contributed by atoms with van der Waals surface area (Å²) in [6, 6.07) is 21.4. The average molecular weight is 1400 g/mol. The molecule has 4 aliphatic rings. The minimum Gasteiger partial charge on any atom is -0.460 e. The van der Waals surface area contributed by atoms with E-state index in [1.807, 2.05) is 48.5 Å². The van der Waals surface area contributed by atoms with Gasteiger partial charge in [-0.05, 0) is 125 Å². The fourth-order valence-corrected chi connectivity index (χ4v) is 13.2. The van der Waals surface area contributed by atoms with Crippen LogP contribution in [0, 0.1) is 12.7 Å². The monoisotopic (exact) mass is 1400 g/mol. The molecule has 8 amide bonds. The van der Waals surface area contributed by atoms with E-state index >= 15 is 4.39 Å². The van der Waals surface area contributed by atoms with Crippen LogP contribution in [0.3, 0.4) is 0 Å². The zero-order valence-corrected chi connectivity index (χ0v) is 57.9. The Bertz CT molecular complexity index is 4370. The van der Waals surface area contributed by atoms with Gasteiger partial charge in [-0.1, -0.05) is 85.8 Å². The van der Waals surface area contributed by atoms with Crippen LogP contribution in [-0.4, -0.2) is 142 Å². The number of fused-ring (bicyclic) bond motifs is 8. The van der Waals surface area contributed by atoms with Gasteiger partial charge in [-0.3, -0.25) is 47.9 Å². The van der Waals surface area contributed by atoms with Gasteiger partial charge in [0.1, 0.15) is 48.4 Å². The number of aromatic nitrogens is 2. The number of alkyl carbamates (subject to hydrolysis) is 1. The lowest BCUT2D eigenvalue weighted by Gasteiger charge is -2.31. The zero-order chi connectivity index (χ0) is 73.5. The molecule has 538 valence electrons. The SMILES string of the molecule is CC[C@@]1(O)C(=O)OCc2c1cc1n(c2=O)Cc2c-1nc1cc(F)c(C)c3c1c2[C@@H](NC(=O)CCCNC(=O)CNC(=O)[C@H](Cc1ccccc1)NC(=O)CNC(=O)CNC(=O)[C@H](CC(=O)OC(C)(C)C)NC(=O)C(CC(=O)OC(C)(C)C)NC(=O)OCC1c2ccccc2-c2ccccc21)CC3. The standard InChI is InChI=1S/C74H83FN10O17/c1-9-74(98)49-29-56-65-46(36-85(56)69(95)48(49)38-99-70(74)96)64-51(26-25-41-39(2)50(75)30-52(82-65)63(41)64)80-57(86)24-17-27-76-58(87)33-78-66(92)53(28-40-18-11-10-12-19-40)81-60(89)35-77-59(88)34-79-67(93)54(31-61(90)101-72(3,4)5)83-68(94)55(32-62(91)102-73(6,7)8)84-71(97)100-37-47-44-22-15-13-20-42(44)43-21-14-16-23-45(43)47/h10-16,18-23,29-30,47,51,53-55,98H,9,17,24-28,31-38H2,1-8H3,(H,76,87)(H,77,88)(H,78,92)(H,79,93)(H,80,86)(H,81,89)(H,83,94)(H,84,97)/t51-,53-,54-,55?,74-/m0/s1. The summed E-state index contributed by atoms with van der Waals surface area (Å²) in [5, 5.41) is 32.4. The number of pyridine rings is 2. The Hall–Kier alpha value is -10.9. The largest absolute Gasteiger partial charge is 0.460 e. The van der Waals surface area contributed by atoms with E-state index in [2.05, 4.69) is 42.5 Å². The summed E-state index contributed by atoms with van der Waals surface area (Å²) in [7, 11) is 0. The van der Waals surface area contributed by atoms with E-state index < -0.39 is 144 Å². The maximum atomic E-state index is 15.5. The number of ether oxygens (including phenoxy) is 4. The van der Waals surface area contributed by atoms with E-state index in [0.29, 0.717) is 57.4 Å². The second-order valence-electron chi connectivity index (χ2n) is 27.6. The Balaban J connectivity index is 0.713. The highest BCUT2D eigenvalue weighted by Crippen LogP contribution is 2.47.